The molecule has 0 spiro atoms. The van der Waals surface area contributed by atoms with Crippen molar-refractivity contribution in [2.75, 3.05) is 0 Å². The number of aliphatic hydroxyl groups is 1. The summed E-state index contributed by atoms with van der Waals surface area (Å²) >= 11 is 0. The van der Waals surface area contributed by atoms with Crippen LogP contribution in [0.2, 0.25) is 0 Å². The van der Waals surface area contributed by atoms with Gasteiger partial charge in [-0.1, -0.05) is 18.9 Å². The number of hydrogen-bond acceptors (Lipinski definition) is 2. The Kier molecular flexibility index (Phi) is 4.56. The molecule has 0 saturated heterocycles. The molecule has 0 aromatic heterocycles. The highest BCUT2D eigenvalue weighted by molar-refractivity contribution is 5.29. The van der Waals surface area contributed by atoms with Gasteiger partial charge in [0.2, 0.25) is 0 Å². The molecule has 0 bridgehead atoms. The molecule has 0 saturated carbocycles. The first-order valence-electron chi connectivity index (χ1n) is 3.89. The minimum absolute atomic E-state index is 0.520. The molecule has 0 aromatic rings. The molecule has 2 nitrogen and oxygen atoms in total. The Morgan fingerprint density at radius 2 is 2.09 bits per heavy atom. The van der Waals surface area contributed by atoms with Gasteiger partial charge in [-0.2, -0.15) is 5.26 Å². The predicted molar refractivity (Wildman–Crippen MR) is 44.9 cm³/mol. The number of rotatable bonds is 3. The maximum Gasteiger partial charge on any atom is 0.0973 e. The third kappa shape index (κ3) is 3.20. The maximum absolute atomic E-state index is 9.40. The van der Waals surface area contributed by atoms with E-state index in [2.05, 4.69) is 0 Å². The van der Waals surface area contributed by atoms with Crippen LogP contribution in [0.1, 0.15) is 33.6 Å². The van der Waals surface area contributed by atoms with E-state index in [1.165, 1.54) is 0 Å². The fraction of sp³-hybridized carbons (Fsp3) is 0.667. The summed E-state index contributed by atoms with van der Waals surface area (Å²) in [5.41, 5.74) is 1.43. The Balaban J connectivity index is 4.31. The topological polar surface area (TPSA) is 44.0 Å². The highest BCUT2D eigenvalue weighted by atomic mass is 16.3. The molecule has 0 aliphatic carbocycles. The third-order valence-electron chi connectivity index (χ3n) is 1.55. The van der Waals surface area contributed by atoms with Crippen molar-refractivity contribution < 1.29 is 5.11 Å². The molecule has 0 radical (unpaired) electrons. The van der Waals surface area contributed by atoms with Gasteiger partial charge in [-0.15, -0.1) is 0 Å². The largest absolute Gasteiger partial charge is 0.388 e. The molecular formula is C9H15NO. The Labute approximate surface area is 68.2 Å². The number of aliphatic hydroxyl groups excluding tert-OH is 1. The average molecular weight is 153 g/mol. The van der Waals surface area contributed by atoms with Crippen LogP contribution in [0.4, 0.5) is 0 Å². The van der Waals surface area contributed by atoms with Crippen molar-refractivity contribution in [1.82, 2.24) is 0 Å². The van der Waals surface area contributed by atoms with Gasteiger partial charge >= 0.3 is 0 Å². The van der Waals surface area contributed by atoms with E-state index in [4.69, 9.17) is 5.26 Å². The lowest BCUT2D eigenvalue weighted by molar-refractivity contribution is 0.203. The number of allylic oxidation sites excluding steroid dienone is 1. The van der Waals surface area contributed by atoms with Crippen molar-refractivity contribution in [3.63, 3.8) is 0 Å². The SMILES string of the molecule is CCCC(O)C(C#N)=C(C)C. The Morgan fingerprint density at radius 1 is 1.55 bits per heavy atom. The van der Waals surface area contributed by atoms with Crippen molar-refractivity contribution in [1.29, 1.82) is 5.26 Å². The Hall–Kier alpha value is -0.810. The zero-order chi connectivity index (χ0) is 8.85. The van der Waals surface area contributed by atoms with Crippen molar-refractivity contribution in [2.45, 2.75) is 39.7 Å². The first-order chi connectivity index (χ1) is 5.13. The lowest BCUT2D eigenvalue weighted by atomic mass is 10.0. The van der Waals surface area contributed by atoms with Gasteiger partial charge in [-0.3, -0.25) is 0 Å². The second-order valence-electron chi connectivity index (χ2n) is 2.83. The van der Waals surface area contributed by atoms with Crippen molar-refractivity contribution in [3.05, 3.63) is 11.1 Å². The quantitative estimate of drug-likeness (QED) is 0.630. The van der Waals surface area contributed by atoms with Crippen LogP contribution in [0.15, 0.2) is 11.1 Å². The fourth-order valence-electron chi connectivity index (χ4n) is 0.937. The van der Waals surface area contributed by atoms with E-state index in [0.29, 0.717) is 12.0 Å². The molecule has 0 aliphatic rings. The molecule has 0 rings (SSSR count). The lowest BCUT2D eigenvalue weighted by Gasteiger charge is -2.08. The molecule has 11 heavy (non-hydrogen) atoms. The molecule has 1 N–H and O–H groups in total. The van der Waals surface area contributed by atoms with E-state index in [9.17, 15) is 5.11 Å². The van der Waals surface area contributed by atoms with Gasteiger partial charge in [0.05, 0.1) is 17.7 Å². The van der Waals surface area contributed by atoms with E-state index in [-0.39, 0.29) is 0 Å². The van der Waals surface area contributed by atoms with E-state index in [1.807, 2.05) is 26.8 Å². The number of hydrogen-bond donors (Lipinski definition) is 1. The van der Waals surface area contributed by atoms with Gasteiger partial charge in [-0.25, -0.2) is 0 Å². The van der Waals surface area contributed by atoms with Gasteiger partial charge in [-0.05, 0) is 20.3 Å². The van der Waals surface area contributed by atoms with Crippen LogP contribution in [0.25, 0.3) is 0 Å². The number of nitriles is 1. The van der Waals surface area contributed by atoms with E-state index in [0.717, 1.165) is 12.0 Å². The minimum Gasteiger partial charge on any atom is -0.388 e. The van der Waals surface area contributed by atoms with Gasteiger partial charge in [0.15, 0.2) is 0 Å². The van der Waals surface area contributed by atoms with Gasteiger partial charge in [0.25, 0.3) is 0 Å². The summed E-state index contributed by atoms with van der Waals surface area (Å²) in [4.78, 5) is 0. The predicted octanol–water partition coefficient (Wildman–Crippen LogP) is 2.01. The van der Waals surface area contributed by atoms with Crippen molar-refractivity contribution in [3.8, 4) is 6.07 Å². The molecule has 62 valence electrons. The fourth-order valence-corrected chi connectivity index (χ4v) is 0.937. The van der Waals surface area contributed by atoms with Gasteiger partial charge in [0, 0.05) is 0 Å². The molecule has 0 heterocycles. The second kappa shape index (κ2) is 4.92. The van der Waals surface area contributed by atoms with Crippen LogP contribution < -0.4 is 0 Å². The smallest absolute Gasteiger partial charge is 0.0973 e. The van der Waals surface area contributed by atoms with Crippen LogP contribution in [-0.2, 0) is 0 Å². The molecule has 0 aromatic carbocycles. The van der Waals surface area contributed by atoms with Gasteiger partial charge in [0.1, 0.15) is 0 Å². The monoisotopic (exact) mass is 153 g/mol. The maximum atomic E-state index is 9.40. The molecule has 2 heteroatoms. The highest BCUT2D eigenvalue weighted by Crippen LogP contribution is 2.11. The summed E-state index contributed by atoms with van der Waals surface area (Å²) in [6.45, 7) is 5.68. The Bertz CT molecular complexity index is 184. The molecule has 0 aliphatic heterocycles. The summed E-state index contributed by atoms with van der Waals surface area (Å²) in [6, 6.07) is 2.02. The van der Waals surface area contributed by atoms with Crippen molar-refractivity contribution in [2.24, 2.45) is 0 Å². The first kappa shape index (κ1) is 10.2. The molecule has 0 amide bonds. The molecular weight excluding hydrogens is 138 g/mol. The molecule has 0 fully saturated rings. The average Bonchev–Trinajstić information content (AvgIpc) is 1.88. The van der Waals surface area contributed by atoms with E-state index >= 15 is 0 Å². The zero-order valence-corrected chi connectivity index (χ0v) is 7.39. The summed E-state index contributed by atoms with van der Waals surface area (Å²) in [5.74, 6) is 0. The summed E-state index contributed by atoms with van der Waals surface area (Å²) < 4.78 is 0. The summed E-state index contributed by atoms with van der Waals surface area (Å²) in [7, 11) is 0. The normalized spacial score (nSPS) is 11.9. The molecule has 1 unspecified atom stereocenters. The van der Waals surface area contributed by atoms with Crippen molar-refractivity contribution >= 4 is 0 Å². The van der Waals surface area contributed by atoms with Gasteiger partial charge < -0.3 is 5.11 Å². The number of nitrogens with zero attached hydrogens (tertiary/aromatic N) is 1. The van der Waals surface area contributed by atoms with E-state index < -0.39 is 6.10 Å². The zero-order valence-electron chi connectivity index (χ0n) is 7.39. The second-order valence-corrected chi connectivity index (χ2v) is 2.83. The van der Waals surface area contributed by atoms with Crippen LogP contribution >= 0.6 is 0 Å². The first-order valence-corrected chi connectivity index (χ1v) is 3.89. The van der Waals surface area contributed by atoms with Crippen LogP contribution in [0.3, 0.4) is 0 Å². The Morgan fingerprint density at radius 3 is 2.36 bits per heavy atom. The summed E-state index contributed by atoms with van der Waals surface area (Å²) in [6.07, 6.45) is 1.02. The highest BCUT2D eigenvalue weighted by Gasteiger charge is 2.09. The minimum atomic E-state index is -0.560. The van der Waals surface area contributed by atoms with Crippen LogP contribution in [0, 0.1) is 11.3 Å². The van der Waals surface area contributed by atoms with Crippen LogP contribution in [0.5, 0.6) is 0 Å². The van der Waals surface area contributed by atoms with E-state index in [1.54, 1.807) is 0 Å². The molecule has 1 atom stereocenters. The third-order valence-corrected chi connectivity index (χ3v) is 1.55. The van der Waals surface area contributed by atoms with Crippen LogP contribution in [-0.4, -0.2) is 11.2 Å². The summed E-state index contributed by atoms with van der Waals surface area (Å²) in [5, 5.41) is 18.0. The standard InChI is InChI=1S/C9H15NO/c1-4-5-9(11)8(6-10)7(2)3/h9,11H,4-5H2,1-3H3. The lowest BCUT2D eigenvalue weighted by Crippen LogP contribution is -2.09.